The first-order chi connectivity index (χ1) is 10.5. The third-order valence-corrected chi connectivity index (χ3v) is 2.69. The second-order valence-corrected chi connectivity index (χ2v) is 5.80. The standard InChI is InChI=1S/C16H35NO5/c1-14(2)17-6-5-7-19-8-9-20-10-11-21-12-16(18)13-22-15(3)4/h14-18H,5-13H2,1-4H3. The van der Waals surface area contributed by atoms with Crippen molar-refractivity contribution in [2.24, 2.45) is 0 Å². The zero-order valence-electron chi connectivity index (χ0n) is 14.7. The van der Waals surface area contributed by atoms with Crippen molar-refractivity contribution >= 4 is 0 Å². The molecule has 0 bridgehead atoms. The predicted octanol–water partition coefficient (Wildman–Crippen LogP) is 1.21. The van der Waals surface area contributed by atoms with E-state index in [0.29, 0.717) is 39.1 Å². The van der Waals surface area contributed by atoms with Crippen LogP contribution in [0.1, 0.15) is 34.1 Å². The molecule has 134 valence electrons. The molecule has 1 unspecified atom stereocenters. The zero-order valence-corrected chi connectivity index (χ0v) is 14.7. The van der Waals surface area contributed by atoms with Crippen molar-refractivity contribution in [3.63, 3.8) is 0 Å². The average molecular weight is 321 g/mol. The summed E-state index contributed by atoms with van der Waals surface area (Å²) in [6.07, 6.45) is 0.557. The van der Waals surface area contributed by atoms with Crippen LogP contribution in [0.4, 0.5) is 0 Å². The van der Waals surface area contributed by atoms with E-state index in [0.717, 1.165) is 19.6 Å². The molecule has 0 saturated heterocycles. The van der Waals surface area contributed by atoms with Gasteiger partial charge in [-0.2, -0.15) is 0 Å². The third-order valence-electron chi connectivity index (χ3n) is 2.69. The molecule has 0 heterocycles. The lowest BCUT2D eigenvalue weighted by molar-refractivity contribution is -0.0476. The molecule has 6 heteroatoms. The van der Waals surface area contributed by atoms with Crippen molar-refractivity contribution in [3.8, 4) is 0 Å². The Balaban J connectivity index is 3.11. The van der Waals surface area contributed by atoms with Gasteiger partial charge < -0.3 is 29.4 Å². The highest BCUT2D eigenvalue weighted by atomic mass is 16.5. The van der Waals surface area contributed by atoms with Crippen molar-refractivity contribution in [2.75, 3.05) is 52.8 Å². The average Bonchev–Trinajstić information content (AvgIpc) is 2.45. The first-order valence-corrected chi connectivity index (χ1v) is 8.28. The Morgan fingerprint density at radius 3 is 2.00 bits per heavy atom. The molecule has 0 aromatic rings. The fourth-order valence-electron chi connectivity index (χ4n) is 1.58. The number of hydrogen-bond acceptors (Lipinski definition) is 6. The molecular weight excluding hydrogens is 286 g/mol. The second kappa shape index (κ2) is 15.6. The van der Waals surface area contributed by atoms with E-state index in [1.165, 1.54) is 0 Å². The van der Waals surface area contributed by atoms with Gasteiger partial charge in [-0.05, 0) is 26.8 Å². The Labute approximate surface area is 135 Å². The summed E-state index contributed by atoms with van der Waals surface area (Å²) in [5, 5.41) is 12.9. The molecule has 0 rings (SSSR count). The van der Waals surface area contributed by atoms with E-state index < -0.39 is 6.10 Å². The summed E-state index contributed by atoms with van der Waals surface area (Å²) in [7, 11) is 0. The van der Waals surface area contributed by atoms with Gasteiger partial charge in [-0.25, -0.2) is 0 Å². The number of hydrogen-bond donors (Lipinski definition) is 2. The molecular formula is C16H35NO5. The molecule has 0 spiro atoms. The fraction of sp³-hybridized carbons (Fsp3) is 1.00. The molecule has 0 saturated carbocycles. The first-order valence-electron chi connectivity index (χ1n) is 8.28. The van der Waals surface area contributed by atoms with E-state index in [-0.39, 0.29) is 12.7 Å². The number of aliphatic hydroxyl groups is 1. The summed E-state index contributed by atoms with van der Waals surface area (Å²) in [6.45, 7) is 12.6. The van der Waals surface area contributed by atoms with Crippen LogP contribution in [0.5, 0.6) is 0 Å². The summed E-state index contributed by atoms with van der Waals surface area (Å²) in [5.41, 5.74) is 0. The van der Waals surface area contributed by atoms with Crippen molar-refractivity contribution < 1.29 is 24.1 Å². The van der Waals surface area contributed by atoms with Crippen LogP contribution < -0.4 is 5.32 Å². The maximum absolute atomic E-state index is 9.56. The molecule has 0 aromatic heterocycles. The van der Waals surface area contributed by atoms with Gasteiger partial charge in [0.05, 0.1) is 45.7 Å². The molecule has 0 aliphatic rings. The number of rotatable bonds is 16. The van der Waals surface area contributed by atoms with E-state index >= 15 is 0 Å². The molecule has 2 N–H and O–H groups in total. The van der Waals surface area contributed by atoms with E-state index in [9.17, 15) is 5.11 Å². The van der Waals surface area contributed by atoms with Crippen molar-refractivity contribution in [1.82, 2.24) is 5.32 Å². The molecule has 0 radical (unpaired) electrons. The van der Waals surface area contributed by atoms with Gasteiger partial charge in [0.25, 0.3) is 0 Å². The minimum absolute atomic E-state index is 0.124. The largest absolute Gasteiger partial charge is 0.388 e. The lowest BCUT2D eigenvalue weighted by Gasteiger charge is -2.13. The molecule has 0 aromatic carbocycles. The molecule has 0 aliphatic carbocycles. The minimum Gasteiger partial charge on any atom is -0.388 e. The Kier molecular flexibility index (Phi) is 15.5. The smallest absolute Gasteiger partial charge is 0.101 e. The third kappa shape index (κ3) is 17.8. The van der Waals surface area contributed by atoms with Crippen LogP contribution in [0.2, 0.25) is 0 Å². The van der Waals surface area contributed by atoms with Gasteiger partial charge in [0.2, 0.25) is 0 Å². The molecule has 0 aliphatic heterocycles. The Bertz CT molecular complexity index is 227. The number of nitrogens with one attached hydrogen (secondary N) is 1. The highest BCUT2D eigenvalue weighted by molar-refractivity contribution is 4.53. The van der Waals surface area contributed by atoms with Crippen LogP contribution in [0.3, 0.4) is 0 Å². The molecule has 22 heavy (non-hydrogen) atoms. The SMILES string of the molecule is CC(C)NCCCOCCOCCOCC(O)COC(C)C. The first kappa shape index (κ1) is 21.8. The van der Waals surface area contributed by atoms with Gasteiger partial charge in [0, 0.05) is 12.6 Å². The maximum atomic E-state index is 9.56. The quantitative estimate of drug-likeness (QED) is 0.417. The highest BCUT2D eigenvalue weighted by Gasteiger charge is 2.05. The van der Waals surface area contributed by atoms with Crippen molar-refractivity contribution in [1.29, 1.82) is 0 Å². The van der Waals surface area contributed by atoms with Crippen LogP contribution in [0.25, 0.3) is 0 Å². The molecule has 0 amide bonds. The van der Waals surface area contributed by atoms with E-state index in [4.69, 9.17) is 18.9 Å². The Hall–Kier alpha value is -0.240. The number of aliphatic hydroxyl groups excluding tert-OH is 1. The number of ether oxygens (including phenoxy) is 4. The maximum Gasteiger partial charge on any atom is 0.101 e. The lowest BCUT2D eigenvalue weighted by atomic mass is 10.3. The topological polar surface area (TPSA) is 69.2 Å². The van der Waals surface area contributed by atoms with Crippen LogP contribution in [0.15, 0.2) is 0 Å². The second-order valence-electron chi connectivity index (χ2n) is 5.80. The van der Waals surface area contributed by atoms with E-state index in [1.807, 2.05) is 13.8 Å². The van der Waals surface area contributed by atoms with Gasteiger partial charge in [-0.15, -0.1) is 0 Å². The van der Waals surface area contributed by atoms with Gasteiger partial charge in [0.15, 0.2) is 0 Å². The fourth-order valence-corrected chi connectivity index (χ4v) is 1.58. The van der Waals surface area contributed by atoms with E-state index in [1.54, 1.807) is 0 Å². The summed E-state index contributed by atoms with van der Waals surface area (Å²) in [4.78, 5) is 0. The van der Waals surface area contributed by atoms with Crippen LogP contribution in [-0.2, 0) is 18.9 Å². The summed E-state index contributed by atoms with van der Waals surface area (Å²) in [5.74, 6) is 0. The summed E-state index contributed by atoms with van der Waals surface area (Å²) in [6, 6.07) is 0.527. The molecule has 6 nitrogen and oxygen atoms in total. The van der Waals surface area contributed by atoms with Gasteiger partial charge in [-0.1, -0.05) is 13.8 Å². The normalized spacial score (nSPS) is 13.2. The highest BCUT2D eigenvalue weighted by Crippen LogP contribution is 1.93. The van der Waals surface area contributed by atoms with Crippen LogP contribution >= 0.6 is 0 Å². The van der Waals surface area contributed by atoms with Crippen LogP contribution in [0, 0.1) is 0 Å². The predicted molar refractivity (Wildman–Crippen MR) is 87.3 cm³/mol. The van der Waals surface area contributed by atoms with Gasteiger partial charge >= 0.3 is 0 Å². The van der Waals surface area contributed by atoms with Gasteiger partial charge in [0.1, 0.15) is 6.10 Å². The molecule has 0 fully saturated rings. The van der Waals surface area contributed by atoms with Crippen molar-refractivity contribution in [3.05, 3.63) is 0 Å². The summed E-state index contributed by atoms with van der Waals surface area (Å²) >= 11 is 0. The monoisotopic (exact) mass is 321 g/mol. The van der Waals surface area contributed by atoms with Crippen LogP contribution in [-0.4, -0.2) is 76.1 Å². The lowest BCUT2D eigenvalue weighted by Crippen LogP contribution is -2.25. The summed E-state index contributed by atoms with van der Waals surface area (Å²) < 4.78 is 21.4. The Morgan fingerprint density at radius 1 is 0.818 bits per heavy atom. The zero-order chi connectivity index (χ0) is 16.6. The van der Waals surface area contributed by atoms with Crippen molar-refractivity contribution in [2.45, 2.75) is 52.4 Å². The van der Waals surface area contributed by atoms with E-state index in [2.05, 4.69) is 19.2 Å². The minimum atomic E-state index is -0.579. The van der Waals surface area contributed by atoms with Gasteiger partial charge in [-0.3, -0.25) is 0 Å². The molecule has 1 atom stereocenters. The Morgan fingerprint density at radius 2 is 1.41 bits per heavy atom.